The highest BCUT2D eigenvalue weighted by Gasteiger charge is 2.08. The summed E-state index contributed by atoms with van der Waals surface area (Å²) >= 11 is 1.04. The van der Waals surface area contributed by atoms with Gasteiger partial charge in [0.1, 0.15) is 5.75 Å². The maximum atomic E-state index is 11.9. The van der Waals surface area contributed by atoms with E-state index in [1.807, 2.05) is 0 Å². The predicted molar refractivity (Wildman–Crippen MR) is 86.4 cm³/mol. The number of carbonyl (C=O) groups is 1. The molecule has 0 radical (unpaired) electrons. The summed E-state index contributed by atoms with van der Waals surface area (Å²) < 4.78 is 9.25. The first-order valence-corrected chi connectivity index (χ1v) is 8.26. The molecular weight excluding hydrogens is 300 g/mol. The molecule has 0 aliphatic carbocycles. The van der Waals surface area contributed by atoms with Crippen LogP contribution in [-0.4, -0.2) is 27.3 Å². The molecule has 1 aromatic heterocycles. The van der Waals surface area contributed by atoms with Crippen molar-refractivity contribution in [2.75, 3.05) is 11.9 Å². The van der Waals surface area contributed by atoms with Crippen molar-refractivity contribution in [1.82, 2.24) is 14.8 Å². The largest absolute Gasteiger partial charge is 0.494 e. The highest BCUT2D eigenvalue weighted by Crippen LogP contribution is 2.15. The maximum absolute atomic E-state index is 11.9. The Balaban J connectivity index is 1.74. The molecule has 0 saturated heterocycles. The topological polar surface area (TPSA) is 77.0 Å². The van der Waals surface area contributed by atoms with E-state index in [4.69, 9.17) is 4.74 Å². The van der Waals surface area contributed by atoms with Crippen LogP contribution < -0.4 is 10.1 Å². The van der Waals surface area contributed by atoms with Crippen LogP contribution in [0.4, 0.5) is 5.13 Å². The van der Waals surface area contributed by atoms with Gasteiger partial charge in [-0.15, -0.1) is 0 Å². The fraction of sp³-hybridized carbons (Fsp3) is 0.467. The van der Waals surface area contributed by atoms with Crippen molar-refractivity contribution in [3.63, 3.8) is 0 Å². The van der Waals surface area contributed by atoms with Crippen molar-refractivity contribution in [1.29, 1.82) is 0 Å². The Hall–Kier alpha value is -2.02. The molecule has 1 amide bonds. The maximum Gasteiger partial charge on any atom is 0.257 e. The number of nitrogens with one attached hydrogen (secondary N) is 1. The van der Waals surface area contributed by atoms with Gasteiger partial charge in [0.05, 0.1) is 6.61 Å². The molecule has 6 nitrogen and oxygen atoms in total. The molecule has 0 spiro atoms. The minimum atomic E-state index is -0.232. The van der Waals surface area contributed by atoms with E-state index in [0.717, 1.165) is 23.7 Å². The molecule has 118 valence electrons. The first kappa shape index (κ1) is 16.4. The lowest BCUT2D eigenvalue weighted by atomic mass is 10.2. The van der Waals surface area contributed by atoms with Gasteiger partial charge in [-0.05, 0) is 35.9 Å². The summed E-state index contributed by atoms with van der Waals surface area (Å²) in [6.45, 7) is 2.92. The van der Waals surface area contributed by atoms with E-state index in [0.29, 0.717) is 17.3 Å². The van der Waals surface area contributed by atoms with Gasteiger partial charge < -0.3 is 4.74 Å². The molecule has 1 heterocycles. The van der Waals surface area contributed by atoms with Gasteiger partial charge in [-0.3, -0.25) is 10.1 Å². The number of nitrogens with zero attached hydrogens (tertiary/aromatic N) is 3. The zero-order valence-electron chi connectivity index (χ0n) is 12.6. The Bertz CT molecular complexity index is 557. The monoisotopic (exact) mass is 320 g/mol. The number of benzene rings is 1. The van der Waals surface area contributed by atoms with Gasteiger partial charge in [0.15, 0.2) is 0 Å². The van der Waals surface area contributed by atoms with E-state index < -0.39 is 0 Å². The smallest absolute Gasteiger partial charge is 0.257 e. The Morgan fingerprint density at radius 2 is 1.95 bits per heavy atom. The van der Waals surface area contributed by atoms with Crippen molar-refractivity contribution >= 4 is 22.6 Å². The fourth-order valence-electron chi connectivity index (χ4n) is 1.95. The Morgan fingerprint density at radius 3 is 2.64 bits per heavy atom. The van der Waals surface area contributed by atoms with Crippen molar-refractivity contribution in [2.24, 2.45) is 0 Å². The fourth-order valence-corrected chi connectivity index (χ4v) is 2.31. The van der Waals surface area contributed by atoms with Gasteiger partial charge >= 0.3 is 0 Å². The number of amides is 1. The molecule has 1 aromatic carbocycles. The van der Waals surface area contributed by atoms with Crippen LogP contribution in [0, 0.1) is 0 Å². The first-order chi connectivity index (χ1) is 10.8. The van der Waals surface area contributed by atoms with Gasteiger partial charge in [-0.25, -0.2) is 0 Å². The number of hydrogen-bond donors (Lipinski definition) is 1. The van der Waals surface area contributed by atoms with Crippen LogP contribution in [-0.2, 0) is 0 Å². The zero-order chi connectivity index (χ0) is 15.6. The summed E-state index contributed by atoms with van der Waals surface area (Å²) in [6.07, 6.45) is 6.06. The molecule has 2 rings (SSSR count). The number of aromatic nitrogens is 3. The highest BCUT2D eigenvalue weighted by atomic mass is 32.1. The standard InChI is InChI=1S/C15H20N4O2S/c1-2-3-4-5-6-11-21-13-9-7-12(8-10-13)14(20)16-15-17-18-19-22-15/h7-10H,2-6,11H2,1H3,(H,16,17,19,20). The lowest BCUT2D eigenvalue weighted by Gasteiger charge is -2.07. The highest BCUT2D eigenvalue weighted by molar-refractivity contribution is 7.09. The summed E-state index contributed by atoms with van der Waals surface area (Å²) in [5, 5.41) is 10.1. The SMILES string of the molecule is CCCCCCCOc1ccc(C(=O)Nc2nnns2)cc1. The van der Waals surface area contributed by atoms with Crippen LogP contribution in [0.15, 0.2) is 24.3 Å². The third-order valence-electron chi connectivity index (χ3n) is 3.15. The molecule has 0 bridgehead atoms. The van der Waals surface area contributed by atoms with Gasteiger partial charge in [0.2, 0.25) is 5.13 Å². The summed E-state index contributed by atoms with van der Waals surface area (Å²) in [5.74, 6) is 0.550. The lowest BCUT2D eigenvalue weighted by molar-refractivity contribution is 0.102. The number of unbranched alkanes of at least 4 members (excludes halogenated alkanes) is 4. The van der Waals surface area contributed by atoms with Crippen LogP contribution in [0.2, 0.25) is 0 Å². The third-order valence-corrected chi connectivity index (χ3v) is 3.66. The Labute approximate surface area is 134 Å². The number of rotatable bonds is 9. The van der Waals surface area contributed by atoms with Gasteiger partial charge in [-0.2, -0.15) is 0 Å². The zero-order valence-corrected chi connectivity index (χ0v) is 13.4. The van der Waals surface area contributed by atoms with Crippen molar-refractivity contribution < 1.29 is 9.53 Å². The molecule has 0 fully saturated rings. The normalized spacial score (nSPS) is 10.4. The first-order valence-electron chi connectivity index (χ1n) is 7.49. The number of hydrogen-bond acceptors (Lipinski definition) is 6. The molecule has 7 heteroatoms. The average molecular weight is 320 g/mol. The van der Waals surface area contributed by atoms with Crippen LogP contribution in [0.3, 0.4) is 0 Å². The van der Waals surface area contributed by atoms with Crippen LogP contribution in [0.5, 0.6) is 5.75 Å². The minimum absolute atomic E-state index is 0.232. The number of anilines is 1. The number of carbonyl (C=O) groups excluding carboxylic acids is 1. The van der Waals surface area contributed by atoms with Crippen LogP contribution >= 0.6 is 11.5 Å². The second-order valence-electron chi connectivity index (χ2n) is 4.91. The van der Waals surface area contributed by atoms with Gasteiger partial charge in [-0.1, -0.05) is 42.2 Å². The van der Waals surface area contributed by atoms with Crippen LogP contribution in [0.25, 0.3) is 0 Å². The molecule has 22 heavy (non-hydrogen) atoms. The molecular formula is C15H20N4O2S. The van der Waals surface area contributed by atoms with E-state index in [1.165, 1.54) is 25.7 Å². The van der Waals surface area contributed by atoms with Gasteiger partial charge in [0.25, 0.3) is 5.91 Å². The predicted octanol–water partition coefficient (Wildman–Crippen LogP) is 3.53. The molecule has 1 N–H and O–H groups in total. The second-order valence-corrected chi connectivity index (χ2v) is 5.64. The Kier molecular flexibility index (Phi) is 6.76. The van der Waals surface area contributed by atoms with Crippen molar-refractivity contribution in [3.8, 4) is 5.75 Å². The molecule has 0 atom stereocenters. The van der Waals surface area contributed by atoms with E-state index >= 15 is 0 Å². The molecule has 2 aromatic rings. The van der Waals surface area contributed by atoms with Crippen molar-refractivity contribution in [2.45, 2.75) is 39.0 Å². The van der Waals surface area contributed by atoms with Crippen molar-refractivity contribution in [3.05, 3.63) is 29.8 Å². The minimum Gasteiger partial charge on any atom is -0.494 e. The van der Waals surface area contributed by atoms with Crippen LogP contribution in [0.1, 0.15) is 49.4 Å². The van der Waals surface area contributed by atoms with E-state index in [1.54, 1.807) is 24.3 Å². The van der Waals surface area contributed by atoms with E-state index in [9.17, 15) is 4.79 Å². The van der Waals surface area contributed by atoms with E-state index in [2.05, 4.69) is 27.0 Å². The summed E-state index contributed by atoms with van der Waals surface area (Å²) in [6, 6.07) is 7.07. The molecule has 0 aliphatic rings. The second kappa shape index (κ2) is 9.09. The third kappa shape index (κ3) is 5.40. The quantitative estimate of drug-likeness (QED) is 0.715. The summed E-state index contributed by atoms with van der Waals surface area (Å²) in [7, 11) is 0. The number of ether oxygens (including phenoxy) is 1. The summed E-state index contributed by atoms with van der Waals surface area (Å²) in [5.41, 5.74) is 0.547. The lowest BCUT2D eigenvalue weighted by Crippen LogP contribution is -2.11. The van der Waals surface area contributed by atoms with E-state index in [-0.39, 0.29) is 5.91 Å². The summed E-state index contributed by atoms with van der Waals surface area (Å²) in [4.78, 5) is 11.9. The molecule has 0 saturated carbocycles. The Morgan fingerprint density at radius 1 is 1.18 bits per heavy atom. The van der Waals surface area contributed by atoms with Gasteiger partial charge in [0, 0.05) is 17.1 Å². The average Bonchev–Trinajstić information content (AvgIpc) is 3.04. The molecule has 0 aliphatic heterocycles. The molecule has 0 unspecified atom stereocenters.